The molecular formula is C46H57ClF2N8O8S2. The molecule has 362 valence electrons. The lowest BCUT2D eigenvalue weighted by Gasteiger charge is -2.26. The first-order valence-corrected chi connectivity index (χ1v) is 23.4. The Labute approximate surface area is 403 Å². The van der Waals surface area contributed by atoms with Crippen molar-refractivity contribution in [3.8, 4) is 0 Å². The highest BCUT2D eigenvalue weighted by molar-refractivity contribution is 7.98. The van der Waals surface area contributed by atoms with Crippen LogP contribution in [-0.2, 0) is 41.5 Å². The number of carbonyl (C=O) groups is 6. The molecule has 0 aliphatic carbocycles. The average Bonchev–Trinajstić information content (AvgIpc) is 3.92. The number of esters is 2. The molecular weight excluding hydrogens is 930 g/mol. The number of rotatable bonds is 12. The minimum absolute atomic E-state index is 0. The van der Waals surface area contributed by atoms with Gasteiger partial charge in [-0.2, -0.15) is 0 Å². The van der Waals surface area contributed by atoms with E-state index < -0.39 is 22.2 Å². The van der Waals surface area contributed by atoms with Crippen LogP contribution >= 0.6 is 35.1 Å². The Morgan fingerprint density at radius 1 is 0.687 bits per heavy atom. The van der Waals surface area contributed by atoms with Crippen molar-refractivity contribution < 1.29 is 47.0 Å². The van der Waals surface area contributed by atoms with Gasteiger partial charge >= 0.3 is 11.9 Å². The van der Waals surface area contributed by atoms with Crippen molar-refractivity contribution >= 4 is 69.9 Å². The van der Waals surface area contributed by atoms with Crippen LogP contribution in [0.4, 0.5) is 8.78 Å². The number of carbonyl (C=O) groups excluding carboxylic acids is 6. The predicted molar refractivity (Wildman–Crippen MR) is 251 cm³/mol. The Morgan fingerprint density at radius 2 is 1.15 bits per heavy atom. The van der Waals surface area contributed by atoms with Gasteiger partial charge in [0.25, 0.3) is 5.24 Å². The third-order valence-electron chi connectivity index (χ3n) is 9.37. The average molecular weight is 988 g/mol. The third-order valence-corrected chi connectivity index (χ3v) is 10.7. The number of hydrogen-bond donors (Lipinski definition) is 1. The zero-order chi connectivity index (χ0) is 48.8. The molecule has 6 rings (SSSR count). The van der Waals surface area contributed by atoms with Gasteiger partial charge in [0, 0.05) is 12.4 Å². The number of halogens is 3. The fourth-order valence-electron chi connectivity index (χ4n) is 5.78. The molecule has 67 heavy (non-hydrogen) atoms. The van der Waals surface area contributed by atoms with E-state index in [0.717, 1.165) is 5.56 Å². The number of nitrogens with zero attached hydrogens (tertiary/aromatic N) is 7. The van der Waals surface area contributed by atoms with Crippen molar-refractivity contribution in [2.45, 2.75) is 84.3 Å². The Kier molecular flexibility index (Phi) is 21.4. The van der Waals surface area contributed by atoms with Crippen LogP contribution in [0, 0.1) is 22.5 Å². The highest BCUT2D eigenvalue weighted by Crippen LogP contribution is 2.23. The van der Waals surface area contributed by atoms with E-state index in [2.05, 4.69) is 25.4 Å². The number of thioether (sulfide) groups is 2. The first kappa shape index (κ1) is 55.9. The summed E-state index contributed by atoms with van der Waals surface area (Å²) in [5.74, 6) is -2.08. The van der Waals surface area contributed by atoms with Gasteiger partial charge in [-0.1, -0.05) is 55.2 Å². The van der Waals surface area contributed by atoms with Crippen molar-refractivity contribution in [2.75, 3.05) is 45.2 Å². The molecule has 4 aromatic rings. The molecule has 2 fully saturated rings. The fraction of sp³-hybridized carbons (Fsp3) is 0.435. The summed E-state index contributed by atoms with van der Waals surface area (Å²) in [5.41, 5.74) is 3.54. The lowest BCUT2D eigenvalue weighted by Crippen LogP contribution is -2.44. The molecule has 2 aromatic carbocycles. The van der Waals surface area contributed by atoms with E-state index in [-0.39, 0.29) is 98.6 Å². The summed E-state index contributed by atoms with van der Waals surface area (Å²) in [5, 5.41) is 4.93. The highest BCUT2D eigenvalue weighted by atomic mass is 35.5. The van der Waals surface area contributed by atoms with Crippen LogP contribution in [-0.4, -0.2) is 127 Å². The molecule has 2 amide bonds. The lowest BCUT2D eigenvalue weighted by atomic mass is 9.97. The number of ether oxygens (including phenoxy) is 2. The second-order valence-corrected chi connectivity index (χ2v) is 18.8. The molecule has 21 heteroatoms. The SMILES string of the molecule is C.CC(C)(C)C(=O)OC1CNN(C(=O)Cc2ccc(F)cc2)C1.CSc1nccc(C(=O)CN2CC(OC(=O)C(C)(C)C)CN2C(=O)Cc2ccc(F)cc2)n1.CSc1nccc(C(=O)Cl)n1. The molecule has 2 aliphatic heterocycles. The molecule has 2 unspecified atom stereocenters. The van der Waals surface area contributed by atoms with Crippen LogP contribution in [0.25, 0.3) is 0 Å². The molecule has 0 radical (unpaired) electrons. The van der Waals surface area contributed by atoms with Crippen LogP contribution in [0.15, 0.2) is 83.4 Å². The quantitative estimate of drug-likeness (QED) is 0.0520. The highest BCUT2D eigenvalue weighted by Gasteiger charge is 2.39. The summed E-state index contributed by atoms with van der Waals surface area (Å²) in [6, 6.07) is 14.5. The van der Waals surface area contributed by atoms with Crippen LogP contribution < -0.4 is 5.43 Å². The normalized spacial score (nSPS) is 15.8. The van der Waals surface area contributed by atoms with E-state index in [1.807, 2.05) is 12.5 Å². The van der Waals surface area contributed by atoms with Crippen LogP contribution in [0.1, 0.15) is 81.1 Å². The minimum Gasteiger partial charge on any atom is -0.459 e. The van der Waals surface area contributed by atoms with Gasteiger partial charge in [-0.25, -0.2) is 39.2 Å². The molecule has 0 spiro atoms. The molecule has 2 atom stereocenters. The smallest absolute Gasteiger partial charge is 0.311 e. The van der Waals surface area contributed by atoms with Crippen molar-refractivity contribution in [1.82, 2.24) is 40.4 Å². The van der Waals surface area contributed by atoms with Gasteiger partial charge < -0.3 is 9.47 Å². The number of nitrogens with one attached hydrogen (secondary N) is 1. The summed E-state index contributed by atoms with van der Waals surface area (Å²) in [6.07, 6.45) is 5.95. The molecule has 4 heterocycles. The second kappa shape index (κ2) is 25.6. The standard InChI is InChI=1S/C23H27FN4O4S.C16H21FN2O3.C6H5ClN2OS.CH4/c1-23(2,3)21(31)32-17-12-27(14-19(29)18-9-10-25-22(26-18)33-4)28(13-17)20(30)11-15-5-7-16(24)8-6-15;1-16(2,3)15(21)22-13-9-18-19(10-13)14(20)8-11-4-6-12(17)7-5-11;1-11-6-8-3-2-4(9-6)5(7)10;/h5-10,17H,11-14H2,1-4H3;4-7,13,18H,8-10H2,1-3H3;2-3H,1H3;1H4. The Morgan fingerprint density at radius 3 is 1.63 bits per heavy atom. The first-order valence-electron chi connectivity index (χ1n) is 20.5. The maximum absolute atomic E-state index is 13.2. The Balaban J connectivity index is 0.000000300. The lowest BCUT2D eigenvalue weighted by molar-refractivity contribution is -0.158. The van der Waals surface area contributed by atoms with Crippen molar-refractivity contribution in [2.24, 2.45) is 10.8 Å². The largest absolute Gasteiger partial charge is 0.459 e. The van der Waals surface area contributed by atoms with E-state index in [1.54, 1.807) is 70.8 Å². The number of benzene rings is 2. The van der Waals surface area contributed by atoms with Gasteiger partial charge in [-0.3, -0.25) is 38.8 Å². The summed E-state index contributed by atoms with van der Waals surface area (Å²) in [4.78, 5) is 88.9. The van der Waals surface area contributed by atoms with E-state index in [9.17, 15) is 37.5 Å². The summed E-state index contributed by atoms with van der Waals surface area (Å²) in [6.45, 7) is 11.6. The number of hydrazine groups is 2. The van der Waals surface area contributed by atoms with Gasteiger partial charge in [-0.05, 0) is 113 Å². The number of hydrogen-bond acceptors (Lipinski definition) is 16. The molecule has 0 bridgehead atoms. The maximum Gasteiger partial charge on any atom is 0.311 e. The van der Waals surface area contributed by atoms with Gasteiger partial charge in [0.2, 0.25) is 11.8 Å². The second-order valence-electron chi connectivity index (χ2n) is 16.9. The third kappa shape index (κ3) is 18.0. The van der Waals surface area contributed by atoms with Gasteiger partial charge in [0.15, 0.2) is 16.1 Å². The van der Waals surface area contributed by atoms with Crippen molar-refractivity contribution in [3.63, 3.8) is 0 Å². The summed E-state index contributed by atoms with van der Waals surface area (Å²) < 4.78 is 37.0. The topological polar surface area (TPSA) is 194 Å². The monoisotopic (exact) mass is 986 g/mol. The fourth-order valence-corrected chi connectivity index (χ4v) is 6.60. The molecule has 1 N–H and O–H groups in total. The maximum atomic E-state index is 13.2. The zero-order valence-electron chi connectivity index (χ0n) is 37.9. The Bertz CT molecular complexity index is 2340. The molecule has 2 aromatic heterocycles. The molecule has 0 saturated carbocycles. The number of ketones is 1. The van der Waals surface area contributed by atoms with Gasteiger partial charge in [0.05, 0.1) is 56.4 Å². The van der Waals surface area contributed by atoms with E-state index in [0.29, 0.717) is 29.0 Å². The summed E-state index contributed by atoms with van der Waals surface area (Å²) >= 11 is 7.88. The minimum atomic E-state index is -0.693. The van der Waals surface area contributed by atoms with Crippen LogP contribution in [0.5, 0.6) is 0 Å². The van der Waals surface area contributed by atoms with Gasteiger partial charge in [0.1, 0.15) is 35.2 Å². The van der Waals surface area contributed by atoms with Crippen LogP contribution in [0.3, 0.4) is 0 Å². The molecule has 2 aliphatic rings. The number of amides is 2. The zero-order valence-corrected chi connectivity index (χ0v) is 40.3. The van der Waals surface area contributed by atoms with Crippen molar-refractivity contribution in [1.29, 1.82) is 0 Å². The van der Waals surface area contributed by atoms with Gasteiger partial charge in [-0.15, -0.1) is 0 Å². The molecule has 2 saturated heterocycles. The number of Topliss-reactive ketones (excluding diaryl/α,β-unsaturated/α-hetero) is 1. The number of aromatic nitrogens is 4. The summed E-state index contributed by atoms with van der Waals surface area (Å²) in [7, 11) is 0. The predicted octanol–water partition coefficient (Wildman–Crippen LogP) is 6.67. The van der Waals surface area contributed by atoms with E-state index >= 15 is 0 Å². The van der Waals surface area contributed by atoms with Crippen LogP contribution in [0.2, 0.25) is 0 Å². The van der Waals surface area contributed by atoms with Crippen molar-refractivity contribution in [3.05, 3.63) is 107 Å². The molecule has 16 nitrogen and oxygen atoms in total. The van der Waals surface area contributed by atoms with E-state index in [1.165, 1.54) is 82.3 Å². The first-order chi connectivity index (χ1) is 31.1. The Hall–Kier alpha value is -5.41. The van der Waals surface area contributed by atoms with E-state index in [4.69, 9.17) is 21.1 Å².